The minimum Gasteiger partial charge on any atom is -0.457 e. The number of para-hydroxylation sites is 4. The Labute approximate surface area is 367 Å². The van der Waals surface area contributed by atoms with Crippen molar-refractivity contribution in [3.05, 3.63) is 224 Å². The average Bonchev–Trinajstić information content (AvgIpc) is 4.03. The summed E-state index contributed by atoms with van der Waals surface area (Å²) in [5.74, 6) is 1.53. The van der Waals surface area contributed by atoms with Gasteiger partial charge in [0.2, 0.25) is 0 Å². The van der Waals surface area contributed by atoms with Crippen LogP contribution in [0.2, 0.25) is 0 Å². The number of aromatic nitrogens is 2. The molecule has 11 rings (SSSR count). The summed E-state index contributed by atoms with van der Waals surface area (Å²) in [6, 6.07) is 67.9. The van der Waals surface area contributed by atoms with Crippen molar-refractivity contribution < 1.29 is 4.74 Å². The molecule has 2 aliphatic rings. The van der Waals surface area contributed by atoms with E-state index in [1.165, 1.54) is 21.8 Å². The molecular formula is C55H45N7O. The Kier molecular flexibility index (Phi) is 9.58. The molecule has 2 aliphatic heterocycles. The summed E-state index contributed by atoms with van der Waals surface area (Å²) in [5.41, 5.74) is 13.0. The first-order valence-corrected chi connectivity index (χ1v) is 21.3. The molecule has 9 aromatic rings. The van der Waals surface area contributed by atoms with Crippen molar-refractivity contribution in [1.82, 2.24) is 19.4 Å². The Hall–Kier alpha value is -8.23. The third kappa shape index (κ3) is 7.17. The van der Waals surface area contributed by atoms with Crippen molar-refractivity contribution in [3.8, 4) is 17.2 Å². The zero-order chi connectivity index (χ0) is 42.3. The Balaban J connectivity index is 0.825. The second-order valence-electron chi connectivity index (χ2n) is 16.1. The van der Waals surface area contributed by atoms with E-state index in [0.29, 0.717) is 6.67 Å². The van der Waals surface area contributed by atoms with E-state index in [2.05, 4.69) is 225 Å². The van der Waals surface area contributed by atoms with Crippen LogP contribution < -0.4 is 19.4 Å². The standard InChI is InChI=1S/C55H45N7O/c1-57-36-54(40-27-29-43(30-28-40)62-52-25-11-9-23-49(52)50-24-10-12-26-53(50)62)59(38-57)44-19-13-21-47(33-44)63-48-22-14-20-45(34-48)60-39-58(2)37-55(60)51-32-31-46(35-56-51)61(41-15-5-3-6-16-41)42-17-7-4-8-18-42/h3-37H,38-39H2,1-2H3. The first-order valence-electron chi connectivity index (χ1n) is 21.3. The van der Waals surface area contributed by atoms with Gasteiger partial charge in [-0.15, -0.1) is 0 Å². The van der Waals surface area contributed by atoms with Crippen LogP contribution in [0.15, 0.2) is 213 Å². The monoisotopic (exact) mass is 819 g/mol. The van der Waals surface area contributed by atoms with Gasteiger partial charge in [-0.3, -0.25) is 4.98 Å². The van der Waals surface area contributed by atoms with E-state index < -0.39 is 0 Å². The number of benzene rings is 7. The van der Waals surface area contributed by atoms with Crippen molar-refractivity contribution >= 4 is 61.6 Å². The summed E-state index contributed by atoms with van der Waals surface area (Å²) in [5, 5.41) is 2.52. The minimum atomic E-state index is 0.690. The lowest BCUT2D eigenvalue weighted by Crippen LogP contribution is -2.24. The molecule has 0 bridgehead atoms. The highest BCUT2D eigenvalue weighted by molar-refractivity contribution is 6.09. The fourth-order valence-electron chi connectivity index (χ4n) is 8.93. The van der Waals surface area contributed by atoms with Crippen molar-refractivity contribution in [2.24, 2.45) is 0 Å². The van der Waals surface area contributed by atoms with Crippen LogP contribution in [0, 0.1) is 0 Å². The predicted molar refractivity (Wildman–Crippen MR) is 259 cm³/mol. The number of rotatable bonds is 10. The molecule has 0 aliphatic carbocycles. The van der Waals surface area contributed by atoms with Crippen LogP contribution in [0.5, 0.6) is 11.5 Å². The van der Waals surface area contributed by atoms with E-state index in [1.54, 1.807) is 0 Å². The maximum atomic E-state index is 6.62. The number of pyridine rings is 1. The van der Waals surface area contributed by atoms with Crippen LogP contribution in [0.1, 0.15) is 11.3 Å². The first kappa shape index (κ1) is 37.7. The van der Waals surface area contributed by atoms with Gasteiger partial charge in [0, 0.05) is 77.8 Å². The molecule has 8 heteroatoms. The third-order valence-electron chi connectivity index (χ3n) is 11.8. The first-order chi connectivity index (χ1) is 31.0. The van der Waals surface area contributed by atoms with E-state index in [-0.39, 0.29) is 0 Å². The Morgan fingerprint density at radius 1 is 0.460 bits per heavy atom. The lowest BCUT2D eigenvalue weighted by molar-refractivity contribution is 0.479. The van der Waals surface area contributed by atoms with Gasteiger partial charge in [-0.05, 0) is 90.5 Å². The highest BCUT2D eigenvalue weighted by Crippen LogP contribution is 2.39. The topological polar surface area (TPSA) is 43.3 Å². The summed E-state index contributed by atoms with van der Waals surface area (Å²) in [7, 11) is 4.20. The van der Waals surface area contributed by atoms with Gasteiger partial charge in [0.15, 0.2) is 0 Å². The van der Waals surface area contributed by atoms with E-state index >= 15 is 0 Å². The van der Waals surface area contributed by atoms with E-state index in [9.17, 15) is 0 Å². The Morgan fingerprint density at radius 3 is 1.54 bits per heavy atom. The lowest BCUT2D eigenvalue weighted by Gasteiger charge is -2.26. The van der Waals surface area contributed by atoms with Crippen LogP contribution in [-0.2, 0) is 0 Å². The van der Waals surface area contributed by atoms with Gasteiger partial charge in [-0.1, -0.05) is 97.1 Å². The molecule has 0 unspecified atom stereocenters. The molecule has 7 aromatic carbocycles. The largest absolute Gasteiger partial charge is 0.457 e. The zero-order valence-electron chi connectivity index (χ0n) is 35.2. The van der Waals surface area contributed by atoms with Gasteiger partial charge in [-0.2, -0.15) is 0 Å². The van der Waals surface area contributed by atoms with Crippen molar-refractivity contribution in [2.75, 3.05) is 42.1 Å². The van der Waals surface area contributed by atoms with Crippen molar-refractivity contribution in [1.29, 1.82) is 0 Å². The number of ether oxygens (including phenoxy) is 1. The van der Waals surface area contributed by atoms with Crippen LogP contribution >= 0.6 is 0 Å². The molecule has 63 heavy (non-hydrogen) atoms. The maximum Gasteiger partial charge on any atom is 0.129 e. The van der Waals surface area contributed by atoms with Gasteiger partial charge in [0.25, 0.3) is 0 Å². The molecule has 0 radical (unpaired) electrons. The van der Waals surface area contributed by atoms with Gasteiger partial charge >= 0.3 is 0 Å². The van der Waals surface area contributed by atoms with E-state index in [0.717, 1.165) is 74.9 Å². The van der Waals surface area contributed by atoms with Crippen LogP contribution in [0.4, 0.5) is 28.4 Å². The second-order valence-corrected chi connectivity index (χ2v) is 16.1. The van der Waals surface area contributed by atoms with E-state index in [1.807, 2.05) is 30.5 Å². The average molecular weight is 820 g/mol. The van der Waals surface area contributed by atoms with Gasteiger partial charge in [0.1, 0.15) is 11.5 Å². The summed E-state index contributed by atoms with van der Waals surface area (Å²) in [4.78, 5) is 16.3. The fourth-order valence-corrected chi connectivity index (χ4v) is 8.93. The second kappa shape index (κ2) is 16.0. The molecule has 0 fully saturated rings. The molecule has 0 atom stereocenters. The SMILES string of the molecule is CN1C=C(c2ccc(-n3c4ccccc4c4ccccc43)cc2)N(c2cccc(Oc3cccc(N4CN(C)C=C4c4ccc(N(c5ccccc5)c5ccccc5)cn4)c3)c2)C1. The molecule has 0 amide bonds. The predicted octanol–water partition coefficient (Wildman–Crippen LogP) is 12.9. The molecule has 2 aromatic heterocycles. The highest BCUT2D eigenvalue weighted by atomic mass is 16.5. The van der Waals surface area contributed by atoms with Crippen LogP contribution in [0.25, 0.3) is 38.9 Å². The van der Waals surface area contributed by atoms with Crippen molar-refractivity contribution in [3.63, 3.8) is 0 Å². The summed E-state index contributed by atoms with van der Waals surface area (Å²) in [6.45, 7) is 1.42. The highest BCUT2D eigenvalue weighted by Gasteiger charge is 2.25. The van der Waals surface area contributed by atoms with Gasteiger partial charge < -0.3 is 33.8 Å². The summed E-state index contributed by atoms with van der Waals surface area (Å²) in [6.07, 6.45) is 6.33. The molecular weight excluding hydrogens is 775 g/mol. The summed E-state index contributed by atoms with van der Waals surface area (Å²) < 4.78 is 8.98. The fraction of sp³-hybridized carbons (Fsp3) is 0.0727. The normalized spacial score (nSPS) is 13.8. The lowest BCUT2D eigenvalue weighted by atomic mass is 10.1. The third-order valence-corrected chi connectivity index (χ3v) is 11.8. The number of anilines is 5. The van der Waals surface area contributed by atoms with Crippen molar-refractivity contribution in [2.45, 2.75) is 0 Å². The quantitative estimate of drug-likeness (QED) is 0.136. The smallest absolute Gasteiger partial charge is 0.129 e. The molecule has 0 saturated carbocycles. The van der Waals surface area contributed by atoms with E-state index in [4.69, 9.17) is 9.72 Å². The minimum absolute atomic E-state index is 0.690. The Morgan fingerprint density at radius 2 is 0.984 bits per heavy atom. The molecule has 306 valence electrons. The molecule has 8 nitrogen and oxygen atoms in total. The molecule has 0 N–H and O–H groups in total. The molecule has 0 spiro atoms. The number of fused-ring (bicyclic) bond motifs is 3. The Bertz CT molecular complexity index is 3050. The number of hydrogen-bond donors (Lipinski definition) is 0. The number of hydrogen-bond acceptors (Lipinski definition) is 7. The van der Waals surface area contributed by atoms with Gasteiger partial charge in [0.05, 0.1) is 53.3 Å². The zero-order valence-corrected chi connectivity index (χ0v) is 35.2. The summed E-state index contributed by atoms with van der Waals surface area (Å²) >= 11 is 0. The number of nitrogens with zero attached hydrogens (tertiary/aromatic N) is 7. The maximum absolute atomic E-state index is 6.62. The van der Waals surface area contributed by atoms with Crippen LogP contribution in [0.3, 0.4) is 0 Å². The molecule has 0 saturated heterocycles. The molecule has 4 heterocycles. The van der Waals surface area contributed by atoms with Crippen LogP contribution in [-0.4, -0.2) is 46.8 Å². The van der Waals surface area contributed by atoms with Gasteiger partial charge in [-0.25, -0.2) is 0 Å².